The first-order chi connectivity index (χ1) is 13.2. The molecule has 27 heavy (non-hydrogen) atoms. The molecule has 0 saturated carbocycles. The van der Waals surface area contributed by atoms with Crippen LogP contribution in [0, 0.1) is 0 Å². The SMILES string of the molecule is COCCn1ccc2cc(C(=O)NCCc3nc4ccccc4[nH]3)ccc21. The van der Waals surface area contributed by atoms with Crippen LogP contribution in [0.15, 0.2) is 54.7 Å². The first kappa shape index (κ1) is 17.3. The van der Waals surface area contributed by atoms with Crippen molar-refractivity contribution in [2.45, 2.75) is 13.0 Å². The average molecular weight is 362 g/mol. The topological polar surface area (TPSA) is 71.9 Å². The summed E-state index contributed by atoms with van der Waals surface area (Å²) in [6.07, 6.45) is 2.68. The molecule has 138 valence electrons. The van der Waals surface area contributed by atoms with Gasteiger partial charge in [0, 0.05) is 49.3 Å². The van der Waals surface area contributed by atoms with Crippen molar-refractivity contribution in [3.05, 3.63) is 66.1 Å². The van der Waals surface area contributed by atoms with Crippen LogP contribution in [-0.2, 0) is 17.7 Å². The molecule has 0 spiro atoms. The quantitative estimate of drug-likeness (QED) is 0.530. The van der Waals surface area contributed by atoms with Crippen LogP contribution in [0.5, 0.6) is 0 Å². The third-order valence-corrected chi connectivity index (χ3v) is 4.66. The second-order valence-corrected chi connectivity index (χ2v) is 6.48. The van der Waals surface area contributed by atoms with E-state index in [4.69, 9.17) is 4.74 Å². The lowest BCUT2D eigenvalue weighted by Gasteiger charge is -2.07. The molecular weight excluding hydrogens is 340 g/mol. The van der Waals surface area contributed by atoms with E-state index in [0.717, 1.165) is 34.3 Å². The van der Waals surface area contributed by atoms with Crippen LogP contribution in [0.3, 0.4) is 0 Å². The number of amides is 1. The average Bonchev–Trinajstić information content (AvgIpc) is 3.29. The highest BCUT2D eigenvalue weighted by Gasteiger charge is 2.09. The van der Waals surface area contributed by atoms with E-state index in [1.165, 1.54) is 0 Å². The zero-order chi connectivity index (χ0) is 18.6. The number of aromatic amines is 1. The van der Waals surface area contributed by atoms with Gasteiger partial charge in [-0.1, -0.05) is 12.1 Å². The van der Waals surface area contributed by atoms with Crippen LogP contribution in [0.1, 0.15) is 16.2 Å². The molecule has 4 rings (SSSR count). The smallest absolute Gasteiger partial charge is 0.251 e. The lowest BCUT2D eigenvalue weighted by atomic mass is 10.1. The van der Waals surface area contributed by atoms with Crippen molar-refractivity contribution in [2.24, 2.45) is 0 Å². The molecule has 0 aliphatic rings. The third kappa shape index (κ3) is 3.71. The fraction of sp³-hybridized carbons (Fsp3) is 0.238. The number of rotatable bonds is 7. The van der Waals surface area contributed by atoms with Gasteiger partial charge in [-0.2, -0.15) is 0 Å². The van der Waals surface area contributed by atoms with Crippen molar-refractivity contribution >= 4 is 27.8 Å². The van der Waals surface area contributed by atoms with Crippen molar-refractivity contribution in [2.75, 3.05) is 20.3 Å². The lowest BCUT2D eigenvalue weighted by Crippen LogP contribution is -2.25. The van der Waals surface area contributed by atoms with E-state index in [0.29, 0.717) is 25.1 Å². The van der Waals surface area contributed by atoms with Crippen molar-refractivity contribution in [3.63, 3.8) is 0 Å². The van der Waals surface area contributed by atoms with Gasteiger partial charge >= 0.3 is 0 Å². The first-order valence-electron chi connectivity index (χ1n) is 9.04. The molecular formula is C21H22N4O2. The Morgan fingerprint density at radius 1 is 1.22 bits per heavy atom. The zero-order valence-corrected chi connectivity index (χ0v) is 15.2. The molecule has 1 amide bonds. The monoisotopic (exact) mass is 362 g/mol. The normalized spacial score (nSPS) is 11.3. The van der Waals surface area contributed by atoms with Gasteiger partial charge in [-0.05, 0) is 36.4 Å². The summed E-state index contributed by atoms with van der Waals surface area (Å²) in [5.41, 5.74) is 3.73. The number of hydrogen-bond acceptors (Lipinski definition) is 3. The summed E-state index contributed by atoms with van der Waals surface area (Å²) in [6, 6.07) is 15.7. The van der Waals surface area contributed by atoms with Crippen LogP contribution in [0.2, 0.25) is 0 Å². The molecule has 2 aromatic carbocycles. The predicted molar refractivity (Wildman–Crippen MR) is 106 cm³/mol. The number of hydrogen-bond donors (Lipinski definition) is 2. The van der Waals surface area contributed by atoms with E-state index in [-0.39, 0.29) is 5.91 Å². The Morgan fingerprint density at radius 2 is 2.11 bits per heavy atom. The van der Waals surface area contributed by atoms with E-state index in [2.05, 4.69) is 19.9 Å². The van der Waals surface area contributed by atoms with Crippen LogP contribution in [0.25, 0.3) is 21.9 Å². The van der Waals surface area contributed by atoms with Crippen molar-refractivity contribution in [1.29, 1.82) is 0 Å². The van der Waals surface area contributed by atoms with E-state index >= 15 is 0 Å². The summed E-state index contributed by atoms with van der Waals surface area (Å²) in [7, 11) is 1.69. The molecule has 0 saturated heterocycles. The number of nitrogens with one attached hydrogen (secondary N) is 2. The van der Waals surface area contributed by atoms with E-state index < -0.39 is 0 Å². The van der Waals surface area contributed by atoms with Gasteiger partial charge in [-0.25, -0.2) is 4.98 Å². The number of para-hydroxylation sites is 2. The molecule has 2 N–H and O–H groups in total. The molecule has 2 heterocycles. The highest BCUT2D eigenvalue weighted by molar-refractivity contribution is 5.98. The lowest BCUT2D eigenvalue weighted by molar-refractivity contribution is 0.0954. The van der Waals surface area contributed by atoms with Gasteiger partial charge in [0.05, 0.1) is 17.6 Å². The molecule has 6 nitrogen and oxygen atoms in total. The summed E-state index contributed by atoms with van der Waals surface area (Å²) in [5, 5.41) is 4.02. The Balaban J connectivity index is 1.39. The minimum Gasteiger partial charge on any atom is -0.383 e. The van der Waals surface area contributed by atoms with Crippen molar-refractivity contribution < 1.29 is 9.53 Å². The summed E-state index contributed by atoms with van der Waals surface area (Å²) >= 11 is 0. The summed E-state index contributed by atoms with van der Waals surface area (Å²) in [5.74, 6) is 0.805. The van der Waals surface area contributed by atoms with Crippen LogP contribution in [-0.4, -0.2) is 40.7 Å². The maximum atomic E-state index is 12.5. The molecule has 0 aliphatic carbocycles. The number of benzene rings is 2. The number of nitrogens with zero attached hydrogens (tertiary/aromatic N) is 2. The zero-order valence-electron chi connectivity index (χ0n) is 15.2. The standard InChI is InChI=1S/C21H22N4O2/c1-27-13-12-25-11-9-15-14-16(6-7-19(15)25)21(26)22-10-8-20-23-17-4-2-3-5-18(17)24-20/h2-7,9,11,14H,8,10,12-13H2,1H3,(H,22,26)(H,23,24). The van der Waals surface area contributed by atoms with Crippen LogP contribution < -0.4 is 5.32 Å². The van der Waals surface area contributed by atoms with Crippen LogP contribution >= 0.6 is 0 Å². The third-order valence-electron chi connectivity index (χ3n) is 4.66. The summed E-state index contributed by atoms with van der Waals surface area (Å²) < 4.78 is 7.26. The fourth-order valence-electron chi connectivity index (χ4n) is 3.25. The highest BCUT2D eigenvalue weighted by atomic mass is 16.5. The van der Waals surface area contributed by atoms with Gasteiger partial charge in [0.25, 0.3) is 5.91 Å². The number of H-pyrrole nitrogens is 1. The van der Waals surface area contributed by atoms with Crippen LogP contribution in [0.4, 0.5) is 0 Å². The number of imidazole rings is 1. The van der Waals surface area contributed by atoms with Gasteiger partial charge in [0.1, 0.15) is 5.82 Å². The Kier molecular flexibility index (Phi) is 4.89. The Morgan fingerprint density at radius 3 is 2.96 bits per heavy atom. The van der Waals surface area contributed by atoms with Crippen molar-refractivity contribution in [1.82, 2.24) is 19.9 Å². The minimum absolute atomic E-state index is 0.0716. The van der Waals surface area contributed by atoms with Gasteiger partial charge in [-0.15, -0.1) is 0 Å². The second kappa shape index (κ2) is 7.63. The number of carbonyl (C=O) groups is 1. The predicted octanol–water partition coefficient (Wildman–Crippen LogP) is 3.14. The molecule has 2 aromatic heterocycles. The molecule has 0 aliphatic heterocycles. The molecule has 0 fully saturated rings. The molecule has 0 bridgehead atoms. The molecule has 6 heteroatoms. The molecule has 0 radical (unpaired) electrons. The van der Waals surface area contributed by atoms with Gasteiger partial charge < -0.3 is 19.6 Å². The molecule has 4 aromatic rings. The number of aromatic nitrogens is 3. The highest BCUT2D eigenvalue weighted by Crippen LogP contribution is 2.18. The molecule has 0 atom stereocenters. The van der Waals surface area contributed by atoms with E-state index in [1.807, 2.05) is 54.7 Å². The number of carbonyl (C=O) groups excluding carboxylic acids is 1. The number of ether oxygens (including phenoxy) is 1. The van der Waals surface area contributed by atoms with E-state index in [1.54, 1.807) is 7.11 Å². The fourth-order valence-corrected chi connectivity index (χ4v) is 3.25. The summed E-state index contributed by atoms with van der Waals surface area (Å²) in [4.78, 5) is 20.3. The molecule has 0 unspecified atom stereocenters. The largest absolute Gasteiger partial charge is 0.383 e. The number of methoxy groups -OCH3 is 1. The Hall–Kier alpha value is -3.12. The number of fused-ring (bicyclic) bond motifs is 2. The first-order valence-corrected chi connectivity index (χ1v) is 9.04. The Labute approximate surface area is 157 Å². The maximum absolute atomic E-state index is 12.5. The van der Waals surface area contributed by atoms with E-state index in [9.17, 15) is 4.79 Å². The Bertz CT molecular complexity index is 1050. The maximum Gasteiger partial charge on any atom is 0.251 e. The summed E-state index contributed by atoms with van der Waals surface area (Å²) in [6.45, 7) is 1.99. The van der Waals surface area contributed by atoms with Gasteiger partial charge in [0.2, 0.25) is 0 Å². The van der Waals surface area contributed by atoms with Gasteiger partial charge in [-0.3, -0.25) is 4.79 Å². The second-order valence-electron chi connectivity index (χ2n) is 6.48. The van der Waals surface area contributed by atoms with Gasteiger partial charge in [0.15, 0.2) is 0 Å². The minimum atomic E-state index is -0.0716. The van der Waals surface area contributed by atoms with Crippen molar-refractivity contribution in [3.8, 4) is 0 Å².